The van der Waals surface area contributed by atoms with Crippen molar-refractivity contribution in [3.05, 3.63) is 60.7 Å². The Morgan fingerprint density at radius 1 is 0.550 bits per heavy atom. The fourth-order valence-corrected chi connectivity index (χ4v) is 2.93. The molecule has 0 radical (unpaired) electrons. The van der Waals surface area contributed by atoms with E-state index in [1.54, 1.807) is 18.2 Å². The van der Waals surface area contributed by atoms with E-state index in [9.17, 15) is 10.2 Å². The number of hydrogen-bond donors (Lipinski definition) is 2. The number of benzene rings is 4. The number of phenols is 2. The molecule has 2 nitrogen and oxygen atoms in total. The summed E-state index contributed by atoms with van der Waals surface area (Å²) < 4.78 is 0. The van der Waals surface area contributed by atoms with E-state index in [4.69, 9.17) is 0 Å². The van der Waals surface area contributed by atoms with E-state index in [0.717, 1.165) is 32.3 Å². The SMILES string of the molecule is Oc1cccc2c1ccc1c3ccccc3cc(O)c21. The van der Waals surface area contributed by atoms with Crippen molar-refractivity contribution in [2.24, 2.45) is 0 Å². The minimum absolute atomic E-state index is 0.233. The van der Waals surface area contributed by atoms with Crippen LogP contribution in [0.25, 0.3) is 32.3 Å². The van der Waals surface area contributed by atoms with Gasteiger partial charge >= 0.3 is 0 Å². The predicted octanol–water partition coefficient (Wildman–Crippen LogP) is 4.56. The predicted molar refractivity (Wildman–Crippen MR) is 82.3 cm³/mol. The molecule has 0 aliphatic carbocycles. The number of fused-ring (bicyclic) bond motifs is 5. The highest BCUT2D eigenvalue weighted by atomic mass is 16.3. The molecule has 0 aromatic heterocycles. The summed E-state index contributed by atoms with van der Waals surface area (Å²) in [5.74, 6) is 0.479. The van der Waals surface area contributed by atoms with Crippen molar-refractivity contribution < 1.29 is 10.2 Å². The van der Waals surface area contributed by atoms with E-state index in [2.05, 4.69) is 0 Å². The second kappa shape index (κ2) is 3.87. The molecule has 4 aromatic carbocycles. The summed E-state index contributed by atoms with van der Waals surface area (Å²) in [4.78, 5) is 0. The normalized spacial score (nSPS) is 11.4. The molecule has 96 valence electrons. The molecular weight excluding hydrogens is 248 g/mol. The maximum Gasteiger partial charge on any atom is 0.124 e. The van der Waals surface area contributed by atoms with Crippen molar-refractivity contribution in [1.82, 2.24) is 0 Å². The molecule has 0 bridgehead atoms. The number of hydrogen-bond acceptors (Lipinski definition) is 2. The number of phenolic OH excluding ortho intramolecular Hbond substituents is 2. The zero-order valence-electron chi connectivity index (χ0n) is 10.7. The molecule has 0 unspecified atom stereocenters. The van der Waals surface area contributed by atoms with E-state index in [-0.39, 0.29) is 11.5 Å². The van der Waals surface area contributed by atoms with Gasteiger partial charge in [0.1, 0.15) is 11.5 Å². The van der Waals surface area contributed by atoms with Gasteiger partial charge in [0.2, 0.25) is 0 Å². The molecule has 0 saturated carbocycles. The van der Waals surface area contributed by atoms with Crippen LogP contribution in [0.2, 0.25) is 0 Å². The lowest BCUT2D eigenvalue weighted by molar-refractivity contribution is 0.481. The quantitative estimate of drug-likeness (QED) is 0.455. The first-order chi connectivity index (χ1) is 9.75. The first kappa shape index (κ1) is 11.1. The van der Waals surface area contributed by atoms with Crippen LogP contribution in [0.4, 0.5) is 0 Å². The van der Waals surface area contributed by atoms with E-state index < -0.39 is 0 Å². The highest BCUT2D eigenvalue weighted by molar-refractivity contribution is 6.20. The Hall–Kier alpha value is -2.74. The minimum Gasteiger partial charge on any atom is -0.507 e. The zero-order valence-corrected chi connectivity index (χ0v) is 10.7. The number of rotatable bonds is 0. The van der Waals surface area contributed by atoms with Crippen LogP contribution in [0.1, 0.15) is 0 Å². The van der Waals surface area contributed by atoms with Gasteiger partial charge in [0.15, 0.2) is 0 Å². The smallest absolute Gasteiger partial charge is 0.124 e. The molecule has 0 heterocycles. The van der Waals surface area contributed by atoms with Gasteiger partial charge in [0.05, 0.1) is 0 Å². The fraction of sp³-hybridized carbons (Fsp3) is 0. The first-order valence-electron chi connectivity index (χ1n) is 6.51. The van der Waals surface area contributed by atoms with Gasteiger partial charge in [0, 0.05) is 10.8 Å². The Morgan fingerprint density at radius 2 is 1.25 bits per heavy atom. The van der Waals surface area contributed by atoms with Crippen molar-refractivity contribution in [2.45, 2.75) is 0 Å². The summed E-state index contributed by atoms with van der Waals surface area (Å²) >= 11 is 0. The Kier molecular flexibility index (Phi) is 2.15. The first-order valence-corrected chi connectivity index (χ1v) is 6.51. The van der Waals surface area contributed by atoms with Crippen LogP contribution in [0.3, 0.4) is 0 Å². The third kappa shape index (κ3) is 1.39. The summed E-state index contributed by atoms with van der Waals surface area (Å²) in [6.07, 6.45) is 0. The van der Waals surface area contributed by atoms with Crippen molar-refractivity contribution in [3.8, 4) is 11.5 Å². The third-order valence-electron chi connectivity index (χ3n) is 3.84. The van der Waals surface area contributed by atoms with E-state index in [0.29, 0.717) is 0 Å². The Labute approximate surface area is 115 Å². The van der Waals surface area contributed by atoms with Crippen molar-refractivity contribution in [3.63, 3.8) is 0 Å². The van der Waals surface area contributed by atoms with Gasteiger partial charge in [-0.1, -0.05) is 42.5 Å². The van der Waals surface area contributed by atoms with Crippen molar-refractivity contribution >= 4 is 32.3 Å². The van der Waals surface area contributed by atoms with E-state index in [1.807, 2.05) is 42.5 Å². The second-order valence-electron chi connectivity index (χ2n) is 4.98. The monoisotopic (exact) mass is 260 g/mol. The minimum atomic E-state index is 0.233. The summed E-state index contributed by atoms with van der Waals surface area (Å²) in [6.45, 7) is 0. The summed E-state index contributed by atoms with van der Waals surface area (Å²) in [5, 5.41) is 25.9. The zero-order chi connectivity index (χ0) is 13.7. The molecule has 0 aliphatic heterocycles. The molecule has 0 amide bonds. The highest BCUT2D eigenvalue weighted by Gasteiger charge is 2.10. The summed E-state index contributed by atoms with van der Waals surface area (Å²) in [5.41, 5.74) is 0. The summed E-state index contributed by atoms with van der Waals surface area (Å²) in [7, 11) is 0. The largest absolute Gasteiger partial charge is 0.507 e. The van der Waals surface area contributed by atoms with Gasteiger partial charge in [-0.05, 0) is 39.7 Å². The Balaban J connectivity index is 2.34. The Bertz CT molecular complexity index is 971. The number of aromatic hydroxyl groups is 2. The fourth-order valence-electron chi connectivity index (χ4n) is 2.93. The molecule has 2 heteroatoms. The lowest BCUT2D eigenvalue weighted by Crippen LogP contribution is -1.82. The molecule has 0 aliphatic rings. The molecular formula is C18H12O2. The Morgan fingerprint density at radius 3 is 2.15 bits per heavy atom. The van der Waals surface area contributed by atoms with Crippen LogP contribution in [0.15, 0.2) is 60.7 Å². The maximum atomic E-state index is 10.4. The van der Waals surface area contributed by atoms with Crippen LogP contribution in [-0.4, -0.2) is 10.2 Å². The van der Waals surface area contributed by atoms with Gasteiger partial charge in [-0.25, -0.2) is 0 Å². The maximum absolute atomic E-state index is 10.4. The highest BCUT2D eigenvalue weighted by Crippen LogP contribution is 2.39. The van der Waals surface area contributed by atoms with Gasteiger partial charge in [-0.3, -0.25) is 0 Å². The van der Waals surface area contributed by atoms with Crippen LogP contribution < -0.4 is 0 Å². The average Bonchev–Trinajstić information content (AvgIpc) is 2.47. The molecule has 20 heavy (non-hydrogen) atoms. The molecule has 0 spiro atoms. The lowest BCUT2D eigenvalue weighted by atomic mass is 9.96. The van der Waals surface area contributed by atoms with Crippen LogP contribution in [-0.2, 0) is 0 Å². The third-order valence-corrected chi connectivity index (χ3v) is 3.84. The van der Waals surface area contributed by atoms with Crippen LogP contribution in [0, 0.1) is 0 Å². The standard InChI is InChI=1S/C18H12O2/c19-16-7-3-6-14-13(16)8-9-15-12-5-2-1-4-11(12)10-17(20)18(14)15/h1-10,19-20H. The molecule has 4 aromatic rings. The molecule has 0 fully saturated rings. The van der Waals surface area contributed by atoms with Crippen LogP contribution >= 0.6 is 0 Å². The van der Waals surface area contributed by atoms with E-state index in [1.165, 1.54) is 0 Å². The van der Waals surface area contributed by atoms with Crippen molar-refractivity contribution in [2.75, 3.05) is 0 Å². The second-order valence-corrected chi connectivity index (χ2v) is 4.98. The molecule has 0 saturated heterocycles. The topological polar surface area (TPSA) is 40.5 Å². The van der Waals surface area contributed by atoms with Gasteiger partial charge < -0.3 is 10.2 Å². The van der Waals surface area contributed by atoms with Crippen molar-refractivity contribution in [1.29, 1.82) is 0 Å². The molecule has 0 atom stereocenters. The summed E-state index contributed by atoms with van der Waals surface area (Å²) in [6, 6.07) is 19.0. The van der Waals surface area contributed by atoms with Gasteiger partial charge in [-0.2, -0.15) is 0 Å². The molecule has 4 rings (SSSR count). The molecule has 2 N–H and O–H groups in total. The van der Waals surface area contributed by atoms with Gasteiger partial charge in [-0.15, -0.1) is 0 Å². The van der Waals surface area contributed by atoms with Crippen LogP contribution in [0.5, 0.6) is 11.5 Å². The average molecular weight is 260 g/mol. The van der Waals surface area contributed by atoms with E-state index >= 15 is 0 Å². The van der Waals surface area contributed by atoms with Gasteiger partial charge in [0.25, 0.3) is 0 Å². The lowest BCUT2D eigenvalue weighted by Gasteiger charge is -2.10.